The maximum Gasteiger partial charge on any atom is 0.319 e. The van der Waals surface area contributed by atoms with Crippen LogP contribution in [0.2, 0.25) is 0 Å². The Labute approximate surface area is 198 Å². The van der Waals surface area contributed by atoms with Crippen LogP contribution in [-0.4, -0.2) is 25.0 Å². The smallest absolute Gasteiger partial charge is 0.319 e. The van der Waals surface area contributed by atoms with Gasteiger partial charge < -0.3 is 10.1 Å². The van der Waals surface area contributed by atoms with Gasteiger partial charge in [0.1, 0.15) is 0 Å². The topological polar surface area (TPSA) is 67.4 Å². The zero-order valence-corrected chi connectivity index (χ0v) is 20.1. The van der Waals surface area contributed by atoms with Crippen LogP contribution in [0.4, 0.5) is 5.69 Å². The number of carbonyl (C=O) groups excluding carboxylic acids is 2. The first-order chi connectivity index (χ1) is 15.0. The van der Waals surface area contributed by atoms with Crippen molar-refractivity contribution in [3.8, 4) is 0 Å². The molecule has 0 aliphatic rings. The summed E-state index contributed by atoms with van der Waals surface area (Å²) in [4.78, 5) is 24.8. The second-order valence-corrected chi connectivity index (χ2v) is 8.55. The summed E-state index contributed by atoms with van der Waals surface area (Å²) >= 11 is 6.91. The lowest BCUT2D eigenvalue weighted by atomic mass is 9.96. The summed E-state index contributed by atoms with van der Waals surface area (Å²) in [6.45, 7) is 2.14. The minimum Gasteiger partial charge on any atom is -0.465 e. The summed E-state index contributed by atoms with van der Waals surface area (Å²) in [5, 5.41) is 6.28. The zero-order valence-electron chi connectivity index (χ0n) is 16.9. The molecule has 7 heteroatoms. The molecule has 0 aliphatic heterocycles. The molecule has 0 saturated carbocycles. The lowest BCUT2D eigenvalue weighted by Gasteiger charge is -2.23. The highest BCUT2D eigenvalue weighted by molar-refractivity contribution is 9.10. The molecule has 1 atom stereocenters. The number of amides is 1. The van der Waals surface area contributed by atoms with Gasteiger partial charge in [-0.05, 0) is 60.5 Å². The molecule has 0 unspecified atom stereocenters. The van der Waals surface area contributed by atoms with Crippen molar-refractivity contribution in [3.63, 3.8) is 0 Å². The van der Waals surface area contributed by atoms with E-state index in [-0.39, 0.29) is 24.5 Å². The van der Waals surface area contributed by atoms with Crippen LogP contribution in [-0.2, 0) is 9.53 Å². The lowest BCUT2D eigenvalue weighted by molar-refractivity contribution is -0.142. The second kappa shape index (κ2) is 11.2. The third-order valence-corrected chi connectivity index (χ3v) is 5.59. The second-order valence-electron chi connectivity index (χ2n) is 6.72. The lowest BCUT2D eigenvalue weighted by Crippen LogP contribution is -2.30. The molecule has 3 rings (SSSR count). The molecule has 0 bridgehead atoms. The zero-order chi connectivity index (χ0) is 22.2. The van der Waals surface area contributed by atoms with Crippen molar-refractivity contribution in [1.29, 1.82) is 0 Å². The quantitative estimate of drug-likeness (QED) is 0.356. The fraction of sp³-hybridized carbons (Fsp3) is 0.167. The third-order valence-electron chi connectivity index (χ3n) is 4.57. The predicted molar refractivity (Wildman–Crippen MR) is 129 cm³/mol. The molecule has 2 N–H and O–H groups in total. The molecular weight excluding hydrogens is 524 g/mol. The van der Waals surface area contributed by atoms with Crippen LogP contribution in [0.5, 0.6) is 0 Å². The van der Waals surface area contributed by atoms with E-state index in [0.717, 1.165) is 20.1 Å². The number of carbonyl (C=O) groups is 2. The molecule has 0 radical (unpaired) electrons. The number of benzene rings is 3. The summed E-state index contributed by atoms with van der Waals surface area (Å²) in [5.74, 6) is -0.549. The standard InChI is InChI=1S/C24H22Br2N2O3/c1-2-31-22(29)15-27-23(16-6-4-3-5-7-16)20-14-19(26)12-13-21(20)28-24(30)17-8-10-18(25)11-9-17/h3-14,23,27H,2,15H2,1H3,(H,28,30)/t23-/m0/s1. The van der Waals surface area contributed by atoms with Crippen molar-refractivity contribution in [2.24, 2.45) is 0 Å². The van der Waals surface area contributed by atoms with Crippen LogP contribution in [0.3, 0.4) is 0 Å². The maximum atomic E-state index is 12.8. The Hall–Kier alpha value is -2.48. The number of ether oxygens (including phenoxy) is 1. The van der Waals surface area contributed by atoms with Gasteiger partial charge in [-0.25, -0.2) is 0 Å². The Balaban J connectivity index is 1.94. The molecule has 0 aliphatic carbocycles. The van der Waals surface area contributed by atoms with E-state index in [1.54, 1.807) is 19.1 Å². The minimum absolute atomic E-state index is 0.0417. The summed E-state index contributed by atoms with van der Waals surface area (Å²) in [5.41, 5.74) is 2.99. The van der Waals surface area contributed by atoms with Gasteiger partial charge in [0.05, 0.1) is 19.2 Å². The van der Waals surface area contributed by atoms with E-state index >= 15 is 0 Å². The SMILES string of the molecule is CCOC(=O)CN[C@@H](c1ccccc1)c1cc(Br)ccc1NC(=O)c1ccc(Br)cc1. The molecule has 0 fully saturated rings. The maximum absolute atomic E-state index is 12.8. The van der Waals surface area contributed by atoms with E-state index in [9.17, 15) is 9.59 Å². The van der Waals surface area contributed by atoms with Gasteiger partial charge in [-0.15, -0.1) is 0 Å². The molecular formula is C24H22Br2N2O3. The van der Waals surface area contributed by atoms with Gasteiger partial charge in [0.25, 0.3) is 5.91 Å². The number of esters is 1. The number of hydrogen-bond donors (Lipinski definition) is 2. The molecule has 1 amide bonds. The summed E-state index contributed by atoms with van der Waals surface area (Å²) in [6.07, 6.45) is 0. The molecule has 31 heavy (non-hydrogen) atoms. The van der Waals surface area contributed by atoms with E-state index in [4.69, 9.17) is 4.74 Å². The average molecular weight is 546 g/mol. The van der Waals surface area contributed by atoms with Crippen molar-refractivity contribution in [1.82, 2.24) is 5.32 Å². The molecule has 0 saturated heterocycles. The van der Waals surface area contributed by atoms with Crippen LogP contribution in [0, 0.1) is 0 Å². The van der Waals surface area contributed by atoms with Crippen LogP contribution < -0.4 is 10.6 Å². The molecule has 0 spiro atoms. The Morgan fingerprint density at radius 1 is 0.935 bits per heavy atom. The van der Waals surface area contributed by atoms with E-state index in [1.807, 2.05) is 60.7 Å². The Morgan fingerprint density at radius 3 is 2.29 bits per heavy atom. The molecule has 160 valence electrons. The summed E-state index contributed by atoms with van der Waals surface area (Å²) in [7, 11) is 0. The number of anilines is 1. The van der Waals surface area contributed by atoms with Crippen molar-refractivity contribution in [2.45, 2.75) is 13.0 Å². The van der Waals surface area contributed by atoms with Gasteiger partial charge in [0, 0.05) is 20.2 Å². The van der Waals surface area contributed by atoms with Gasteiger partial charge in [-0.2, -0.15) is 0 Å². The van der Waals surface area contributed by atoms with E-state index in [2.05, 4.69) is 42.5 Å². The Bertz CT molecular complexity index is 1040. The first-order valence-electron chi connectivity index (χ1n) is 9.78. The van der Waals surface area contributed by atoms with Gasteiger partial charge in [0.2, 0.25) is 0 Å². The molecule has 0 aromatic heterocycles. The van der Waals surface area contributed by atoms with Gasteiger partial charge in [-0.3, -0.25) is 14.9 Å². The Morgan fingerprint density at radius 2 is 1.61 bits per heavy atom. The summed E-state index contributed by atoms with van der Waals surface area (Å²) < 4.78 is 6.83. The van der Waals surface area contributed by atoms with Crippen molar-refractivity contribution < 1.29 is 14.3 Å². The van der Waals surface area contributed by atoms with Gasteiger partial charge in [0.15, 0.2) is 0 Å². The predicted octanol–water partition coefficient (Wildman–Crippen LogP) is 5.71. The normalized spacial score (nSPS) is 11.6. The molecule has 3 aromatic carbocycles. The number of nitrogens with one attached hydrogen (secondary N) is 2. The first-order valence-corrected chi connectivity index (χ1v) is 11.4. The van der Waals surface area contributed by atoms with E-state index in [0.29, 0.717) is 17.9 Å². The fourth-order valence-electron chi connectivity index (χ4n) is 3.13. The van der Waals surface area contributed by atoms with Gasteiger partial charge >= 0.3 is 5.97 Å². The average Bonchev–Trinajstić information content (AvgIpc) is 2.77. The molecule has 5 nitrogen and oxygen atoms in total. The Kier molecular flexibility index (Phi) is 8.40. The highest BCUT2D eigenvalue weighted by atomic mass is 79.9. The van der Waals surface area contributed by atoms with E-state index < -0.39 is 0 Å². The van der Waals surface area contributed by atoms with Crippen molar-refractivity contribution in [3.05, 3.63) is 98.4 Å². The highest BCUT2D eigenvalue weighted by Crippen LogP contribution is 2.31. The monoisotopic (exact) mass is 544 g/mol. The van der Waals surface area contributed by atoms with Crippen molar-refractivity contribution in [2.75, 3.05) is 18.5 Å². The minimum atomic E-state index is -0.334. The van der Waals surface area contributed by atoms with Crippen LogP contribution in [0.1, 0.15) is 34.5 Å². The largest absolute Gasteiger partial charge is 0.465 e. The van der Waals surface area contributed by atoms with E-state index in [1.165, 1.54) is 0 Å². The first kappa shape index (κ1) is 23.2. The highest BCUT2D eigenvalue weighted by Gasteiger charge is 2.20. The number of rotatable bonds is 8. The molecule has 0 heterocycles. The summed E-state index contributed by atoms with van der Waals surface area (Å²) in [6, 6.07) is 22.2. The number of halogens is 2. The molecule has 3 aromatic rings. The van der Waals surface area contributed by atoms with Gasteiger partial charge in [-0.1, -0.05) is 62.2 Å². The fourth-order valence-corrected chi connectivity index (χ4v) is 3.78. The van der Waals surface area contributed by atoms with Crippen LogP contribution in [0.25, 0.3) is 0 Å². The van der Waals surface area contributed by atoms with Crippen LogP contribution in [0.15, 0.2) is 81.7 Å². The third kappa shape index (κ3) is 6.50. The number of hydrogen-bond acceptors (Lipinski definition) is 4. The van der Waals surface area contributed by atoms with Crippen molar-refractivity contribution >= 4 is 49.4 Å². The van der Waals surface area contributed by atoms with Crippen LogP contribution >= 0.6 is 31.9 Å².